The van der Waals surface area contributed by atoms with Gasteiger partial charge in [0.05, 0.1) is 6.10 Å². The molecule has 0 saturated carbocycles. The minimum Gasteiger partial charge on any atom is -0.377 e. The molecule has 16 heavy (non-hydrogen) atoms. The molecule has 88 valence electrons. The predicted octanol–water partition coefficient (Wildman–Crippen LogP) is 2.76. The molecule has 1 N–H and O–H groups in total. The Hall–Kier alpha value is -0.860. The van der Waals surface area contributed by atoms with Crippen LogP contribution < -0.4 is 5.32 Å². The summed E-state index contributed by atoms with van der Waals surface area (Å²) in [5, 5.41) is 3.60. The third kappa shape index (κ3) is 2.83. The Labute approximate surface area is 98.0 Å². The molecule has 1 aliphatic heterocycles. The zero-order valence-electron chi connectivity index (χ0n) is 10.1. The SMILES string of the molecule is CC(C)C1CNC(c2ccccc2)CCO1. The van der Waals surface area contributed by atoms with Crippen molar-refractivity contribution in [3.05, 3.63) is 35.9 Å². The fraction of sp³-hybridized carbons (Fsp3) is 0.571. The average molecular weight is 219 g/mol. The summed E-state index contributed by atoms with van der Waals surface area (Å²) >= 11 is 0. The molecule has 2 rings (SSSR count). The summed E-state index contributed by atoms with van der Waals surface area (Å²) in [6.45, 7) is 6.25. The van der Waals surface area contributed by atoms with Gasteiger partial charge < -0.3 is 10.1 Å². The number of hydrogen-bond acceptors (Lipinski definition) is 2. The van der Waals surface area contributed by atoms with Crippen molar-refractivity contribution in [2.24, 2.45) is 5.92 Å². The summed E-state index contributed by atoms with van der Waals surface area (Å²) < 4.78 is 5.85. The molecule has 2 atom stereocenters. The first-order valence-corrected chi connectivity index (χ1v) is 6.17. The Morgan fingerprint density at radius 3 is 2.69 bits per heavy atom. The monoisotopic (exact) mass is 219 g/mol. The van der Waals surface area contributed by atoms with Crippen LogP contribution in [0.25, 0.3) is 0 Å². The summed E-state index contributed by atoms with van der Waals surface area (Å²) in [6.07, 6.45) is 1.42. The number of hydrogen-bond donors (Lipinski definition) is 1. The van der Waals surface area contributed by atoms with Crippen molar-refractivity contribution in [1.82, 2.24) is 5.32 Å². The molecule has 1 aromatic rings. The molecule has 1 saturated heterocycles. The lowest BCUT2D eigenvalue weighted by Crippen LogP contribution is -2.31. The van der Waals surface area contributed by atoms with Crippen LogP contribution in [0.5, 0.6) is 0 Å². The van der Waals surface area contributed by atoms with E-state index < -0.39 is 0 Å². The van der Waals surface area contributed by atoms with Gasteiger partial charge in [0.1, 0.15) is 0 Å². The maximum absolute atomic E-state index is 5.85. The quantitative estimate of drug-likeness (QED) is 0.826. The average Bonchev–Trinajstić information content (AvgIpc) is 2.55. The van der Waals surface area contributed by atoms with Gasteiger partial charge in [-0.3, -0.25) is 0 Å². The van der Waals surface area contributed by atoms with Crippen molar-refractivity contribution in [2.45, 2.75) is 32.4 Å². The van der Waals surface area contributed by atoms with E-state index in [2.05, 4.69) is 49.5 Å². The maximum Gasteiger partial charge on any atom is 0.0722 e. The van der Waals surface area contributed by atoms with Gasteiger partial charge in [-0.05, 0) is 17.9 Å². The first-order chi connectivity index (χ1) is 7.77. The topological polar surface area (TPSA) is 21.3 Å². The van der Waals surface area contributed by atoms with Crippen LogP contribution in [0.2, 0.25) is 0 Å². The summed E-state index contributed by atoms with van der Waals surface area (Å²) in [6, 6.07) is 11.1. The molecule has 1 aromatic carbocycles. The molecule has 0 bridgehead atoms. The summed E-state index contributed by atoms with van der Waals surface area (Å²) in [5.41, 5.74) is 1.37. The van der Waals surface area contributed by atoms with E-state index in [9.17, 15) is 0 Å². The lowest BCUT2D eigenvalue weighted by atomic mass is 10.0. The highest BCUT2D eigenvalue weighted by Crippen LogP contribution is 2.20. The van der Waals surface area contributed by atoms with Crippen molar-refractivity contribution >= 4 is 0 Å². The molecule has 2 unspecified atom stereocenters. The molecular weight excluding hydrogens is 198 g/mol. The van der Waals surface area contributed by atoms with Crippen molar-refractivity contribution in [1.29, 1.82) is 0 Å². The van der Waals surface area contributed by atoms with E-state index in [4.69, 9.17) is 4.74 Å². The molecule has 0 amide bonds. The van der Waals surface area contributed by atoms with E-state index in [0.717, 1.165) is 19.6 Å². The molecule has 1 heterocycles. The normalized spacial score (nSPS) is 26.7. The van der Waals surface area contributed by atoms with E-state index in [1.54, 1.807) is 0 Å². The summed E-state index contributed by atoms with van der Waals surface area (Å²) in [5.74, 6) is 0.585. The van der Waals surface area contributed by atoms with Crippen LogP contribution in [-0.4, -0.2) is 19.3 Å². The van der Waals surface area contributed by atoms with Crippen LogP contribution in [-0.2, 0) is 4.74 Å². The fourth-order valence-corrected chi connectivity index (χ4v) is 2.15. The second kappa shape index (κ2) is 5.46. The lowest BCUT2D eigenvalue weighted by Gasteiger charge is -2.19. The van der Waals surface area contributed by atoms with Crippen molar-refractivity contribution in [2.75, 3.05) is 13.2 Å². The van der Waals surface area contributed by atoms with E-state index in [0.29, 0.717) is 18.1 Å². The van der Waals surface area contributed by atoms with Gasteiger partial charge in [0.15, 0.2) is 0 Å². The first-order valence-electron chi connectivity index (χ1n) is 6.17. The Balaban J connectivity index is 1.99. The largest absolute Gasteiger partial charge is 0.377 e. The number of benzene rings is 1. The minimum absolute atomic E-state index is 0.355. The van der Waals surface area contributed by atoms with E-state index >= 15 is 0 Å². The number of nitrogens with one attached hydrogen (secondary N) is 1. The van der Waals surface area contributed by atoms with Crippen molar-refractivity contribution in [3.63, 3.8) is 0 Å². The standard InChI is InChI=1S/C14H21NO/c1-11(2)14-10-15-13(8-9-16-14)12-6-4-3-5-7-12/h3-7,11,13-15H,8-10H2,1-2H3. The van der Waals surface area contributed by atoms with E-state index in [1.807, 2.05) is 0 Å². The fourth-order valence-electron chi connectivity index (χ4n) is 2.15. The Kier molecular flexibility index (Phi) is 3.97. The molecule has 2 heteroatoms. The second-order valence-corrected chi connectivity index (χ2v) is 4.81. The van der Waals surface area contributed by atoms with E-state index in [-0.39, 0.29) is 0 Å². The molecule has 0 aromatic heterocycles. The van der Waals surface area contributed by atoms with Crippen LogP contribution in [0.3, 0.4) is 0 Å². The zero-order valence-corrected chi connectivity index (χ0v) is 10.1. The van der Waals surface area contributed by atoms with Crippen LogP contribution in [0.1, 0.15) is 31.9 Å². The van der Waals surface area contributed by atoms with Gasteiger partial charge in [0.25, 0.3) is 0 Å². The van der Waals surface area contributed by atoms with Gasteiger partial charge in [0, 0.05) is 19.2 Å². The van der Waals surface area contributed by atoms with Gasteiger partial charge in [-0.2, -0.15) is 0 Å². The number of rotatable bonds is 2. The highest BCUT2D eigenvalue weighted by atomic mass is 16.5. The second-order valence-electron chi connectivity index (χ2n) is 4.81. The Bertz CT molecular complexity index is 310. The molecular formula is C14H21NO. The molecule has 2 nitrogen and oxygen atoms in total. The van der Waals surface area contributed by atoms with Crippen LogP contribution in [0, 0.1) is 5.92 Å². The molecule has 0 radical (unpaired) electrons. The smallest absolute Gasteiger partial charge is 0.0722 e. The molecule has 0 spiro atoms. The zero-order chi connectivity index (χ0) is 11.4. The summed E-state index contributed by atoms with van der Waals surface area (Å²) in [7, 11) is 0. The van der Waals surface area contributed by atoms with Crippen molar-refractivity contribution in [3.8, 4) is 0 Å². The predicted molar refractivity (Wildman–Crippen MR) is 66.4 cm³/mol. The number of ether oxygens (including phenoxy) is 1. The minimum atomic E-state index is 0.355. The van der Waals surface area contributed by atoms with Gasteiger partial charge in [0.2, 0.25) is 0 Å². The molecule has 1 fully saturated rings. The van der Waals surface area contributed by atoms with Gasteiger partial charge in [-0.15, -0.1) is 0 Å². The molecule has 1 aliphatic rings. The van der Waals surface area contributed by atoms with Crippen LogP contribution in [0.4, 0.5) is 0 Å². The Morgan fingerprint density at radius 2 is 2.00 bits per heavy atom. The van der Waals surface area contributed by atoms with Gasteiger partial charge in [-0.25, -0.2) is 0 Å². The van der Waals surface area contributed by atoms with Crippen LogP contribution >= 0.6 is 0 Å². The highest BCUT2D eigenvalue weighted by molar-refractivity contribution is 5.19. The van der Waals surface area contributed by atoms with Gasteiger partial charge in [-0.1, -0.05) is 44.2 Å². The first kappa shape index (κ1) is 11.6. The lowest BCUT2D eigenvalue weighted by molar-refractivity contribution is 0.0354. The van der Waals surface area contributed by atoms with E-state index in [1.165, 1.54) is 5.56 Å². The summed E-state index contributed by atoms with van der Waals surface area (Å²) in [4.78, 5) is 0. The van der Waals surface area contributed by atoms with Gasteiger partial charge >= 0.3 is 0 Å². The third-order valence-corrected chi connectivity index (χ3v) is 3.25. The molecule has 0 aliphatic carbocycles. The van der Waals surface area contributed by atoms with Crippen LogP contribution in [0.15, 0.2) is 30.3 Å². The maximum atomic E-state index is 5.85. The van der Waals surface area contributed by atoms with Crippen molar-refractivity contribution < 1.29 is 4.74 Å². The third-order valence-electron chi connectivity index (χ3n) is 3.25. The Morgan fingerprint density at radius 1 is 1.25 bits per heavy atom. The highest BCUT2D eigenvalue weighted by Gasteiger charge is 2.21.